The molecule has 1 fully saturated rings. The maximum absolute atomic E-state index is 15.5. The van der Waals surface area contributed by atoms with Crippen molar-refractivity contribution in [1.82, 2.24) is 19.6 Å². The molecule has 0 spiro atoms. The number of anilines is 1. The number of carbonyl (C=O) groups excluding carboxylic acids is 2. The highest BCUT2D eigenvalue weighted by Crippen LogP contribution is 2.42. The molecule has 182 valence electrons. The fraction of sp³-hybridized carbons (Fsp3) is 0.304. The number of nitrogens with zero attached hydrogens (tertiary/aromatic N) is 3. The molecule has 3 aromatic heterocycles. The van der Waals surface area contributed by atoms with Crippen molar-refractivity contribution in [1.29, 1.82) is 0 Å². The zero-order valence-electron chi connectivity index (χ0n) is 18.2. The summed E-state index contributed by atoms with van der Waals surface area (Å²) in [6.07, 6.45) is -0.0386. The summed E-state index contributed by atoms with van der Waals surface area (Å²) in [5.41, 5.74) is 1.54. The molecule has 7 nitrogen and oxygen atoms in total. The number of benzene rings is 1. The van der Waals surface area contributed by atoms with Crippen molar-refractivity contribution in [3.8, 4) is 11.1 Å². The Bertz CT molecular complexity index is 1480. The van der Waals surface area contributed by atoms with Crippen LogP contribution < -0.4 is 5.32 Å². The summed E-state index contributed by atoms with van der Waals surface area (Å²) < 4.78 is 55.7. The largest absolute Gasteiger partial charge is 0.309 e. The molecule has 0 saturated heterocycles. The molecule has 5 rings (SSSR count). The van der Waals surface area contributed by atoms with Gasteiger partial charge in [0.2, 0.25) is 5.91 Å². The molecular weight excluding hydrogens is 490 g/mol. The van der Waals surface area contributed by atoms with E-state index in [9.17, 15) is 22.8 Å². The summed E-state index contributed by atoms with van der Waals surface area (Å²) in [6.45, 7) is 1.47. The van der Waals surface area contributed by atoms with Crippen LogP contribution in [-0.2, 0) is 9.59 Å². The van der Waals surface area contributed by atoms with Gasteiger partial charge in [0.05, 0.1) is 28.9 Å². The van der Waals surface area contributed by atoms with Gasteiger partial charge in [-0.15, -0.1) is 0 Å². The van der Waals surface area contributed by atoms with Crippen LogP contribution in [0.5, 0.6) is 0 Å². The van der Waals surface area contributed by atoms with Gasteiger partial charge in [-0.1, -0.05) is 18.5 Å². The van der Waals surface area contributed by atoms with E-state index in [1.165, 1.54) is 19.3 Å². The molecule has 3 atom stereocenters. The second kappa shape index (κ2) is 8.63. The highest BCUT2D eigenvalue weighted by Gasteiger charge is 2.43. The van der Waals surface area contributed by atoms with E-state index in [0.29, 0.717) is 22.2 Å². The Kier molecular flexibility index (Phi) is 5.74. The third kappa shape index (κ3) is 4.13. The number of Topliss-reactive ketones (excluding diaryl/α,β-unsaturated/α-hetero) is 1. The number of aromatic amines is 1. The Balaban J connectivity index is 1.54. The van der Waals surface area contributed by atoms with Gasteiger partial charge in [-0.2, -0.15) is 5.10 Å². The van der Waals surface area contributed by atoms with E-state index in [-0.39, 0.29) is 28.3 Å². The molecule has 1 aromatic carbocycles. The molecule has 1 saturated carbocycles. The average molecular weight is 508 g/mol. The van der Waals surface area contributed by atoms with Crippen molar-refractivity contribution < 1.29 is 27.2 Å². The predicted molar refractivity (Wildman–Crippen MR) is 121 cm³/mol. The van der Waals surface area contributed by atoms with E-state index in [2.05, 4.69) is 20.5 Å². The highest BCUT2D eigenvalue weighted by molar-refractivity contribution is 6.35. The first kappa shape index (κ1) is 23.3. The Morgan fingerprint density at radius 2 is 2.06 bits per heavy atom. The fourth-order valence-electron chi connectivity index (χ4n) is 4.23. The van der Waals surface area contributed by atoms with Gasteiger partial charge in [0.15, 0.2) is 11.6 Å². The lowest BCUT2D eigenvalue weighted by molar-refractivity contribution is -0.129. The number of rotatable bonds is 7. The molecule has 1 unspecified atom stereocenters. The van der Waals surface area contributed by atoms with Crippen LogP contribution in [0.25, 0.3) is 27.7 Å². The van der Waals surface area contributed by atoms with Crippen molar-refractivity contribution in [2.75, 3.05) is 5.32 Å². The maximum atomic E-state index is 15.5. The summed E-state index contributed by atoms with van der Waals surface area (Å²) in [6, 6.07) is 3.29. The lowest BCUT2D eigenvalue weighted by Gasteiger charge is -2.17. The van der Waals surface area contributed by atoms with Crippen LogP contribution in [0.1, 0.15) is 31.2 Å². The maximum Gasteiger partial charge on any atom is 0.296 e. The zero-order valence-corrected chi connectivity index (χ0v) is 18.9. The van der Waals surface area contributed by atoms with Crippen LogP contribution in [0, 0.1) is 11.7 Å². The van der Waals surface area contributed by atoms with Gasteiger partial charge < -0.3 is 9.72 Å². The quantitative estimate of drug-likeness (QED) is 0.332. The number of fused-ring (bicyclic) bond motifs is 2. The van der Waals surface area contributed by atoms with Crippen LogP contribution in [0.4, 0.5) is 23.4 Å². The molecular formula is C23H18ClF4N5O2. The van der Waals surface area contributed by atoms with Gasteiger partial charge in [-0.3, -0.25) is 14.7 Å². The number of pyridine rings is 1. The van der Waals surface area contributed by atoms with E-state index in [4.69, 9.17) is 11.6 Å². The van der Waals surface area contributed by atoms with Gasteiger partial charge in [0.25, 0.3) is 6.43 Å². The van der Waals surface area contributed by atoms with Crippen LogP contribution >= 0.6 is 11.6 Å². The number of amides is 1. The number of ketones is 1. The molecule has 0 aliphatic heterocycles. The summed E-state index contributed by atoms with van der Waals surface area (Å²) in [7, 11) is 0. The topological polar surface area (TPSA) is 92.2 Å². The molecule has 1 amide bonds. The minimum absolute atomic E-state index is 0.000186. The molecule has 0 bridgehead atoms. The molecule has 0 radical (unpaired) electrons. The van der Waals surface area contributed by atoms with Crippen LogP contribution in [0.15, 0.2) is 30.7 Å². The van der Waals surface area contributed by atoms with Gasteiger partial charge >= 0.3 is 0 Å². The zero-order chi connectivity index (χ0) is 25.0. The van der Waals surface area contributed by atoms with Crippen LogP contribution in [-0.4, -0.2) is 43.9 Å². The number of nitrogens with one attached hydrogen (secondary N) is 2. The van der Waals surface area contributed by atoms with Crippen LogP contribution in [0.2, 0.25) is 5.02 Å². The van der Waals surface area contributed by atoms with Gasteiger partial charge in [-0.25, -0.2) is 22.5 Å². The van der Waals surface area contributed by atoms with E-state index in [1.54, 1.807) is 22.7 Å². The number of H-pyrrole nitrogens is 1. The molecule has 1 aliphatic rings. The van der Waals surface area contributed by atoms with E-state index in [1.807, 2.05) is 0 Å². The first-order valence-electron chi connectivity index (χ1n) is 10.7. The number of hydrogen-bond acceptors (Lipinski definition) is 4. The fourth-order valence-corrected chi connectivity index (χ4v) is 4.54. The Labute approximate surface area is 200 Å². The number of hydrogen-bond donors (Lipinski definition) is 2. The summed E-state index contributed by atoms with van der Waals surface area (Å²) in [4.78, 5) is 27.8. The predicted octanol–water partition coefficient (Wildman–Crippen LogP) is 5.29. The van der Waals surface area contributed by atoms with Crippen LogP contribution in [0.3, 0.4) is 0 Å². The van der Waals surface area contributed by atoms with E-state index >= 15 is 4.39 Å². The lowest BCUT2D eigenvalue weighted by atomic mass is 9.90. The number of halogens is 5. The SMILES string of the molecule is CC(CC(=O)C(F)F)c1c(F)c(Cl)c(-c2ccc3nc(NC(=O)[C@@H]4C[C@@H]4F)cn3c2)c2cn[nH]c12. The normalized spacial score (nSPS) is 18.4. The minimum Gasteiger partial charge on any atom is -0.309 e. The summed E-state index contributed by atoms with van der Waals surface area (Å²) in [5.74, 6) is -3.86. The van der Waals surface area contributed by atoms with Crippen molar-refractivity contribution in [3.63, 3.8) is 0 Å². The standard InChI is InChI=1S/C23H18ClF4N5O2/c1-9(4-14(34)22(27)28)17-20(26)19(24)18(12-6-29-32-21(12)17)10-2-3-16-30-15(8-33(16)7-10)31-23(35)11-5-13(11)25/h2-3,6-9,11,13,22H,4-5H2,1H3,(H,29,32)(H,31,35)/t9?,11-,13+/m1/s1. The highest BCUT2D eigenvalue weighted by atomic mass is 35.5. The van der Waals surface area contributed by atoms with E-state index < -0.39 is 48.4 Å². The van der Waals surface area contributed by atoms with Gasteiger partial charge in [-0.05, 0) is 24.5 Å². The minimum atomic E-state index is -3.15. The third-order valence-electron chi connectivity index (χ3n) is 6.11. The van der Waals surface area contributed by atoms with Crippen molar-refractivity contribution in [2.45, 2.75) is 38.3 Å². The third-order valence-corrected chi connectivity index (χ3v) is 6.47. The Hall–Kier alpha value is -3.47. The first-order chi connectivity index (χ1) is 16.7. The van der Waals surface area contributed by atoms with Crippen molar-refractivity contribution >= 4 is 45.7 Å². The number of imidazole rings is 1. The summed E-state index contributed by atoms with van der Waals surface area (Å²) >= 11 is 6.43. The second-order valence-electron chi connectivity index (χ2n) is 8.60. The molecule has 4 aromatic rings. The van der Waals surface area contributed by atoms with Crippen molar-refractivity contribution in [2.24, 2.45) is 5.92 Å². The molecule has 35 heavy (non-hydrogen) atoms. The average Bonchev–Trinajstić information content (AvgIpc) is 3.17. The van der Waals surface area contributed by atoms with Gasteiger partial charge in [0.1, 0.15) is 17.6 Å². The molecule has 12 heteroatoms. The number of alkyl halides is 3. The number of aromatic nitrogens is 4. The summed E-state index contributed by atoms with van der Waals surface area (Å²) in [5, 5.41) is 9.44. The Morgan fingerprint density at radius 3 is 2.74 bits per heavy atom. The second-order valence-corrected chi connectivity index (χ2v) is 8.98. The van der Waals surface area contributed by atoms with Crippen molar-refractivity contribution in [3.05, 3.63) is 47.1 Å². The number of carbonyl (C=O) groups is 2. The van der Waals surface area contributed by atoms with E-state index in [0.717, 1.165) is 0 Å². The monoisotopic (exact) mass is 507 g/mol. The molecule has 2 N–H and O–H groups in total. The molecule has 1 aliphatic carbocycles. The molecule has 3 heterocycles. The Morgan fingerprint density at radius 1 is 1.31 bits per heavy atom. The first-order valence-corrected chi connectivity index (χ1v) is 11.1. The lowest BCUT2D eigenvalue weighted by Crippen LogP contribution is -2.15. The smallest absolute Gasteiger partial charge is 0.296 e. The van der Waals surface area contributed by atoms with Gasteiger partial charge in [0, 0.05) is 34.7 Å².